The molecule has 1 aliphatic heterocycles. The Labute approximate surface area is 77.9 Å². The minimum absolute atomic E-state index is 0.341. The van der Waals surface area contributed by atoms with Gasteiger partial charge >= 0.3 is 0 Å². The smallest absolute Gasteiger partial charge is 0.0905 e. The van der Waals surface area contributed by atoms with Gasteiger partial charge in [0.1, 0.15) is 0 Å². The summed E-state index contributed by atoms with van der Waals surface area (Å²) in [6.07, 6.45) is 4.85. The first-order valence-corrected chi connectivity index (χ1v) is 4.66. The van der Waals surface area contributed by atoms with Gasteiger partial charge in [-0.1, -0.05) is 0 Å². The summed E-state index contributed by atoms with van der Waals surface area (Å²) in [6.45, 7) is 1.61. The lowest BCUT2D eigenvalue weighted by atomic mass is 10.0. The number of ether oxygens (including phenoxy) is 1. The first kappa shape index (κ1) is 8.72. The molecule has 4 nitrogen and oxygen atoms in total. The summed E-state index contributed by atoms with van der Waals surface area (Å²) in [5.41, 5.74) is 0. The molecule has 4 heteroatoms. The molecule has 0 radical (unpaired) electrons. The number of hydrogen-bond donors (Lipinski definition) is 1. The first-order chi connectivity index (χ1) is 6.42. The number of hydrogen-bond acceptors (Lipinski definition) is 3. The molecule has 1 aromatic heterocycles. The summed E-state index contributed by atoms with van der Waals surface area (Å²) in [4.78, 5) is 0. The van der Waals surface area contributed by atoms with Gasteiger partial charge in [-0.25, -0.2) is 0 Å². The van der Waals surface area contributed by atoms with Crippen LogP contribution in [0.1, 0.15) is 12.5 Å². The van der Waals surface area contributed by atoms with Gasteiger partial charge in [0.2, 0.25) is 0 Å². The Morgan fingerprint density at radius 2 is 2.54 bits per heavy atom. The van der Waals surface area contributed by atoms with Crippen LogP contribution >= 0.6 is 0 Å². The predicted octanol–water partition coefficient (Wildman–Crippen LogP) is 0.432. The van der Waals surface area contributed by atoms with Crippen LogP contribution in [0.2, 0.25) is 0 Å². The maximum Gasteiger partial charge on any atom is 0.0905 e. The van der Waals surface area contributed by atoms with Crippen LogP contribution in [0.15, 0.2) is 18.5 Å². The van der Waals surface area contributed by atoms with Crippen LogP contribution in [0, 0.1) is 0 Å². The van der Waals surface area contributed by atoms with Gasteiger partial charge in [0.15, 0.2) is 0 Å². The summed E-state index contributed by atoms with van der Waals surface area (Å²) in [5, 5.41) is 7.54. The zero-order valence-corrected chi connectivity index (χ0v) is 7.81. The van der Waals surface area contributed by atoms with Crippen molar-refractivity contribution in [3.63, 3.8) is 0 Å². The number of rotatable bonds is 2. The van der Waals surface area contributed by atoms with Crippen LogP contribution in [0.5, 0.6) is 0 Å². The van der Waals surface area contributed by atoms with Crippen molar-refractivity contribution >= 4 is 0 Å². The van der Waals surface area contributed by atoms with Gasteiger partial charge in [0.25, 0.3) is 0 Å². The first-order valence-electron chi connectivity index (χ1n) is 4.66. The molecule has 2 unspecified atom stereocenters. The maximum atomic E-state index is 5.44. The fraction of sp³-hybridized carbons (Fsp3) is 0.667. The molecule has 1 fully saturated rings. The van der Waals surface area contributed by atoms with Gasteiger partial charge in [-0.3, -0.25) is 4.68 Å². The molecule has 1 saturated heterocycles. The molecule has 2 rings (SSSR count). The zero-order valence-electron chi connectivity index (χ0n) is 7.81. The Hall–Kier alpha value is -0.870. The fourth-order valence-corrected chi connectivity index (χ4v) is 1.80. The molecule has 1 aliphatic rings. The second-order valence-electron chi connectivity index (χ2n) is 3.31. The Balaban J connectivity index is 2.11. The lowest BCUT2D eigenvalue weighted by Gasteiger charge is -2.31. The van der Waals surface area contributed by atoms with E-state index < -0.39 is 0 Å². The van der Waals surface area contributed by atoms with Gasteiger partial charge < -0.3 is 10.1 Å². The van der Waals surface area contributed by atoms with E-state index in [2.05, 4.69) is 10.4 Å². The molecular weight excluding hydrogens is 166 g/mol. The Kier molecular flexibility index (Phi) is 2.61. The van der Waals surface area contributed by atoms with Gasteiger partial charge in [-0.05, 0) is 19.5 Å². The van der Waals surface area contributed by atoms with Gasteiger partial charge in [0, 0.05) is 25.0 Å². The van der Waals surface area contributed by atoms with Crippen LogP contribution in [0.3, 0.4) is 0 Å². The predicted molar refractivity (Wildman–Crippen MR) is 49.5 cm³/mol. The van der Waals surface area contributed by atoms with E-state index in [-0.39, 0.29) is 0 Å². The van der Waals surface area contributed by atoms with E-state index in [9.17, 15) is 0 Å². The van der Waals surface area contributed by atoms with Crippen molar-refractivity contribution in [2.45, 2.75) is 18.5 Å². The van der Waals surface area contributed by atoms with Crippen molar-refractivity contribution in [3.8, 4) is 0 Å². The van der Waals surface area contributed by atoms with Crippen molar-refractivity contribution in [3.05, 3.63) is 18.5 Å². The van der Waals surface area contributed by atoms with E-state index in [0.29, 0.717) is 12.1 Å². The molecule has 0 aliphatic carbocycles. The molecule has 0 aromatic carbocycles. The topological polar surface area (TPSA) is 39.1 Å². The number of nitrogens with zero attached hydrogens (tertiary/aromatic N) is 2. The van der Waals surface area contributed by atoms with Crippen molar-refractivity contribution in [1.29, 1.82) is 0 Å². The van der Waals surface area contributed by atoms with E-state index in [1.54, 1.807) is 6.20 Å². The molecule has 0 amide bonds. The van der Waals surface area contributed by atoms with Crippen LogP contribution in [-0.4, -0.2) is 36.1 Å². The average Bonchev–Trinajstić information content (AvgIpc) is 2.70. The van der Waals surface area contributed by atoms with Crippen LogP contribution < -0.4 is 5.32 Å². The normalized spacial score (nSPS) is 29.0. The lowest BCUT2D eigenvalue weighted by Crippen LogP contribution is -2.42. The summed E-state index contributed by atoms with van der Waals surface area (Å²) in [7, 11) is 1.99. The summed E-state index contributed by atoms with van der Waals surface area (Å²) < 4.78 is 7.41. The van der Waals surface area contributed by atoms with Crippen molar-refractivity contribution < 1.29 is 4.74 Å². The van der Waals surface area contributed by atoms with E-state index in [1.807, 2.05) is 24.0 Å². The SMILES string of the molecule is CNC1CCOCC1n1cccn1. The highest BCUT2D eigenvalue weighted by Crippen LogP contribution is 2.18. The Bertz CT molecular complexity index is 247. The van der Waals surface area contributed by atoms with Gasteiger partial charge in [0.05, 0.1) is 12.6 Å². The molecule has 2 atom stereocenters. The van der Waals surface area contributed by atoms with E-state index in [0.717, 1.165) is 19.6 Å². The van der Waals surface area contributed by atoms with Crippen molar-refractivity contribution in [1.82, 2.24) is 15.1 Å². The third-order valence-electron chi connectivity index (χ3n) is 2.56. The summed E-state index contributed by atoms with van der Waals surface area (Å²) in [6, 6.07) is 2.77. The molecule has 1 N–H and O–H groups in total. The molecule has 2 heterocycles. The Morgan fingerprint density at radius 1 is 1.62 bits per heavy atom. The molecular formula is C9H15N3O. The highest BCUT2D eigenvalue weighted by molar-refractivity contribution is 4.88. The molecule has 13 heavy (non-hydrogen) atoms. The monoisotopic (exact) mass is 181 g/mol. The third kappa shape index (κ3) is 1.73. The van der Waals surface area contributed by atoms with E-state index in [4.69, 9.17) is 4.74 Å². The molecule has 0 saturated carbocycles. The lowest BCUT2D eigenvalue weighted by molar-refractivity contribution is 0.0346. The van der Waals surface area contributed by atoms with Gasteiger partial charge in [-0.15, -0.1) is 0 Å². The second-order valence-corrected chi connectivity index (χ2v) is 3.31. The molecule has 72 valence electrons. The van der Waals surface area contributed by atoms with Crippen molar-refractivity contribution in [2.24, 2.45) is 0 Å². The quantitative estimate of drug-likeness (QED) is 0.719. The van der Waals surface area contributed by atoms with Crippen molar-refractivity contribution in [2.75, 3.05) is 20.3 Å². The van der Waals surface area contributed by atoms with Crippen LogP contribution in [0.4, 0.5) is 0 Å². The minimum Gasteiger partial charge on any atom is -0.379 e. The minimum atomic E-state index is 0.341. The summed E-state index contributed by atoms with van der Waals surface area (Å²) >= 11 is 0. The highest BCUT2D eigenvalue weighted by Gasteiger charge is 2.25. The van der Waals surface area contributed by atoms with E-state index in [1.165, 1.54) is 0 Å². The fourth-order valence-electron chi connectivity index (χ4n) is 1.80. The highest BCUT2D eigenvalue weighted by atomic mass is 16.5. The molecule has 0 spiro atoms. The number of aromatic nitrogens is 2. The van der Waals surface area contributed by atoms with Crippen LogP contribution in [-0.2, 0) is 4.74 Å². The number of likely N-dealkylation sites (N-methyl/N-ethyl adjacent to an activating group) is 1. The molecule has 0 bridgehead atoms. The van der Waals surface area contributed by atoms with Crippen LogP contribution in [0.25, 0.3) is 0 Å². The van der Waals surface area contributed by atoms with E-state index >= 15 is 0 Å². The third-order valence-corrected chi connectivity index (χ3v) is 2.56. The second kappa shape index (κ2) is 3.89. The molecule has 1 aromatic rings. The van der Waals surface area contributed by atoms with Gasteiger partial charge in [-0.2, -0.15) is 5.10 Å². The number of nitrogens with one attached hydrogen (secondary N) is 1. The zero-order chi connectivity index (χ0) is 9.10. The largest absolute Gasteiger partial charge is 0.379 e. The standard InChI is InChI=1S/C9H15N3O/c1-10-8-3-6-13-7-9(8)12-5-2-4-11-12/h2,4-5,8-10H,3,6-7H2,1H3. The maximum absolute atomic E-state index is 5.44. The Morgan fingerprint density at radius 3 is 3.23 bits per heavy atom. The summed E-state index contributed by atoms with van der Waals surface area (Å²) in [5.74, 6) is 0. The average molecular weight is 181 g/mol.